The van der Waals surface area contributed by atoms with Crippen molar-refractivity contribution < 1.29 is 4.79 Å². The highest BCUT2D eigenvalue weighted by Crippen LogP contribution is 2.27. The predicted molar refractivity (Wildman–Crippen MR) is 104 cm³/mol. The van der Waals surface area contributed by atoms with Gasteiger partial charge in [-0.05, 0) is 26.7 Å². The number of carbonyl (C=O) groups excluding carboxylic acids is 1. The molecule has 3 aromatic heterocycles. The molecule has 1 aliphatic heterocycles. The van der Waals surface area contributed by atoms with Crippen LogP contribution in [0.15, 0.2) is 31.0 Å². The van der Waals surface area contributed by atoms with Gasteiger partial charge in [-0.3, -0.25) is 14.8 Å². The van der Waals surface area contributed by atoms with Gasteiger partial charge in [0.15, 0.2) is 0 Å². The topological polar surface area (TPSA) is 89.7 Å². The summed E-state index contributed by atoms with van der Waals surface area (Å²) in [6.07, 6.45) is 10.4. The Balaban J connectivity index is 1.55. The van der Waals surface area contributed by atoms with Crippen LogP contribution in [0.2, 0.25) is 0 Å². The maximum absolute atomic E-state index is 12.8. The Morgan fingerprint density at radius 2 is 1.93 bits per heavy atom. The van der Waals surface area contributed by atoms with Crippen molar-refractivity contribution in [1.82, 2.24) is 34.4 Å². The number of piperidine rings is 1. The molecule has 0 spiro atoms. The summed E-state index contributed by atoms with van der Waals surface area (Å²) in [6, 6.07) is 0. The highest BCUT2D eigenvalue weighted by atomic mass is 16.2. The molecule has 8 nitrogen and oxygen atoms in total. The molecule has 4 heterocycles. The molecule has 1 aliphatic rings. The number of aryl methyl sites for hydroxylation is 2. The fourth-order valence-corrected chi connectivity index (χ4v) is 3.51. The molecule has 0 saturated carbocycles. The van der Waals surface area contributed by atoms with Crippen LogP contribution in [-0.2, 0) is 7.05 Å². The average molecular weight is 377 g/mol. The lowest BCUT2D eigenvalue weighted by atomic mass is 9.94. The van der Waals surface area contributed by atoms with Gasteiger partial charge in [-0.15, -0.1) is 0 Å². The van der Waals surface area contributed by atoms with Gasteiger partial charge in [0.05, 0.1) is 35.7 Å². The summed E-state index contributed by atoms with van der Waals surface area (Å²) in [4.78, 5) is 36.6. The van der Waals surface area contributed by atoms with Crippen LogP contribution in [0.25, 0.3) is 11.4 Å². The molecule has 144 valence electrons. The molecule has 0 bridgehead atoms. The van der Waals surface area contributed by atoms with Crippen molar-refractivity contribution in [2.24, 2.45) is 7.05 Å². The second-order valence-electron chi connectivity index (χ2n) is 7.21. The highest BCUT2D eigenvalue weighted by molar-refractivity contribution is 5.92. The molecular weight excluding hydrogens is 354 g/mol. The van der Waals surface area contributed by atoms with Gasteiger partial charge in [0.1, 0.15) is 17.2 Å². The third kappa shape index (κ3) is 3.49. The molecule has 1 atom stereocenters. The minimum absolute atomic E-state index is 0.0800. The number of hydrogen-bond acceptors (Lipinski definition) is 6. The van der Waals surface area contributed by atoms with Gasteiger partial charge in [-0.2, -0.15) is 0 Å². The molecule has 1 saturated heterocycles. The molecule has 1 amide bonds. The highest BCUT2D eigenvalue weighted by Gasteiger charge is 2.27. The normalized spacial score (nSPS) is 17.0. The fourth-order valence-electron chi connectivity index (χ4n) is 3.51. The maximum atomic E-state index is 12.8. The molecule has 8 heteroatoms. The first-order chi connectivity index (χ1) is 13.5. The Morgan fingerprint density at radius 3 is 2.64 bits per heavy atom. The molecule has 0 aromatic carbocycles. The van der Waals surface area contributed by atoms with Crippen LogP contribution in [0.3, 0.4) is 0 Å². The van der Waals surface area contributed by atoms with Gasteiger partial charge >= 0.3 is 0 Å². The summed E-state index contributed by atoms with van der Waals surface area (Å²) in [5, 5.41) is 0. The summed E-state index contributed by atoms with van der Waals surface area (Å²) in [5.41, 5.74) is 3.82. The summed E-state index contributed by atoms with van der Waals surface area (Å²) >= 11 is 0. The molecule has 1 unspecified atom stereocenters. The van der Waals surface area contributed by atoms with Gasteiger partial charge < -0.3 is 9.47 Å². The van der Waals surface area contributed by atoms with Crippen molar-refractivity contribution in [3.05, 3.63) is 53.9 Å². The van der Waals surface area contributed by atoms with Crippen LogP contribution in [0, 0.1) is 13.8 Å². The quantitative estimate of drug-likeness (QED) is 0.696. The number of likely N-dealkylation sites (tertiary alicyclic amines) is 1. The van der Waals surface area contributed by atoms with E-state index in [1.165, 1.54) is 0 Å². The van der Waals surface area contributed by atoms with Crippen molar-refractivity contribution in [1.29, 1.82) is 0 Å². The van der Waals surface area contributed by atoms with E-state index in [9.17, 15) is 4.79 Å². The zero-order chi connectivity index (χ0) is 19.7. The third-order valence-corrected chi connectivity index (χ3v) is 5.26. The molecule has 3 aromatic rings. The third-order valence-electron chi connectivity index (χ3n) is 5.26. The smallest absolute Gasteiger partial charge is 0.274 e. The second kappa shape index (κ2) is 7.46. The Morgan fingerprint density at radius 1 is 1.07 bits per heavy atom. The van der Waals surface area contributed by atoms with E-state index in [0.717, 1.165) is 48.0 Å². The van der Waals surface area contributed by atoms with Crippen LogP contribution in [-0.4, -0.2) is 53.4 Å². The Hall–Kier alpha value is -3.16. The first-order valence-electron chi connectivity index (χ1n) is 9.41. The number of imidazole rings is 1. The molecule has 28 heavy (non-hydrogen) atoms. The molecular formula is C20H23N7O. The monoisotopic (exact) mass is 377 g/mol. The molecule has 0 N–H and O–H groups in total. The van der Waals surface area contributed by atoms with Gasteiger partial charge in [0.2, 0.25) is 0 Å². The van der Waals surface area contributed by atoms with Crippen LogP contribution in [0.5, 0.6) is 0 Å². The number of hydrogen-bond donors (Lipinski definition) is 0. The minimum atomic E-state index is -0.0800. The number of nitrogens with zero attached hydrogens (tertiary/aromatic N) is 7. The number of rotatable bonds is 3. The van der Waals surface area contributed by atoms with E-state index >= 15 is 0 Å². The van der Waals surface area contributed by atoms with E-state index in [1.54, 1.807) is 24.8 Å². The van der Waals surface area contributed by atoms with Crippen molar-refractivity contribution in [2.75, 3.05) is 13.1 Å². The van der Waals surface area contributed by atoms with E-state index in [2.05, 4.69) is 19.9 Å². The van der Waals surface area contributed by atoms with Crippen LogP contribution < -0.4 is 0 Å². The largest absolute Gasteiger partial charge is 0.337 e. The van der Waals surface area contributed by atoms with Gasteiger partial charge in [0.25, 0.3) is 5.91 Å². The summed E-state index contributed by atoms with van der Waals surface area (Å²) in [7, 11) is 1.97. The van der Waals surface area contributed by atoms with Crippen molar-refractivity contribution in [3.8, 4) is 11.4 Å². The first-order valence-corrected chi connectivity index (χ1v) is 9.41. The molecule has 0 aliphatic carbocycles. The summed E-state index contributed by atoms with van der Waals surface area (Å²) in [5.74, 6) is 0.998. The zero-order valence-electron chi connectivity index (χ0n) is 16.3. The van der Waals surface area contributed by atoms with Gasteiger partial charge in [-0.25, -0.2) is 15.0 Å². The Labute approximate surface area is 163 Å². The van der Waals surface area contributed by atoms with E-state index in [4.69, 9.17) is 4.98 Å². The van der Waals surface area contributed by atoms with Crippen molar-refractivity contribution in [3.63, 3.8) is 0 Å². The minimum Gasteiger partial charge on any atom is -0.337 e. The van der Waals surface area contributed by atoms with Gasteiger partial charge in [0, 0.05) is 38.4 Å². The second-order valence-corrected chi connectivity index (χ2v) is 7.21. The molecule has 1 fully saturated rings. The van der Waals surface area contributed by atoms with Crippen LogP contribution >= 0.6 is 0 Å². The lowest BCUT2D eigenvalue weighted by Gasteiger charge is -2.32. The number of amides is 1. The van der Waals surface area contributed by atoms with Crippen molar-refractivity contribution in [2.45, 2.75) is 32.6 Å². The van der Waals surface area contributed by atoms with Gasteiger partial charge in [-0.1, -0.05) is 0 Å². The number of carbonyl (C=O) groups is 1. The predicted octanol–water partition coefficient (Wildman–Crippen LogP) is 2.30. The Kier molecular flexibility index (Phi) is 4.85. The van der Waals surface area contributed by atoms with E-state index in [0.29, 0.717) is 12.2 Å². The van der Waals surface area contributed by atoms with E-state index < -0.39 is 0 Å². The standard InChI is InChI=1S/C20H23N7O/c1-13-7-24-18(10-22-13)20(28)27-6-4-5-15(12-27)16-8-21-9-17(25-16)19-11-23-14(2)26(19)3/h7-11,15H,4-6,12H2,1-3H3. The first kappa shape index (κ1) is 18.2. The van der Waals surface area contributed by atoms with Crippen molar-refractivity contribution >= 4 is 5.91 Å². The SMILES string of the molecule is Cc1cnc(C(=O)N2CCCC(c3cncc(-c4cnc(C)n4C)n3)C2)cn1. The number of aromatic nitrogens is 6. The molecule has 4 rings (SSSR count). The Bertz CT molecular complexity index is 996. The van der Waals surface area contributed by atoms with E-state index in [1.807, 2.05) is 36.6 Å². The average Bonchev–Trinajstić information content (AvgIpc) is 3.07. The summed E-state index contributed by atoms with van der Waals surface area (Å²) in [6.45, 7) is 5.14. The summed E-state index contributed by atoms with van der Waals surface area (Å²) < 4.78 is 2.00. The lowest BCUT2D eigenvalue weighted by molar-refractivity contribution is 0.0699. The van der Waals surface area contributed by atoms with Crippen LogP contribution in [0.4, 0.5) is 0 Å². The molecule has 0 radical (unpaired) electrons. The zero-order valence-corrected chi connectivity index (χ0v) is 16.3. The van der Waals surface area contributed by atoms with Crippen LogP contribution in [0.1, 0.15) is 46.5 Å². The lowest BCUT2D eigenvalue weighted by Crippen LogP contribution is -2.39. The van der Waals surface area contributed by atoms with E-state index in [-0.39, 0.29) is 11.8 Å². The maximum Gasteiger partial charge on any atom is 0.274 e. The fraction of sp³-hybridized carbons (Fsp3) is 0.400.